The van der Waals surface area contributed by atoms with Gasteiger partial charge in [-0.1, -0.05) is 5.92 Å². The molecule has 1 N–H and O–H groups in total. The summed E-state index contributed by atoms with van der Waals surface area (Å²) in [6, 6.07) is 4.32. The molecule has 0 bridgehead atoms. The van der Waals surface area contributed by atoms with Crippen molar-refractivity contribution in [3.63, 3.8) is 0 Å². The quantitative estimate of drug-likeness (QED) is 0.604. The minimum atomic E-state index is -2.13. The molecule has 2 atom stereocenters. The second-order valence-corrected chi connectivity index (χ2v) is 5.46. The van der Waals surface area contributed by atoms with Crippen molar-refractivity contribution in [3.05, 3.63) is 23.8 Å². The Bertz CT molecular complexity index is 707. The molecule has 1 amide bonds. The summed E-state index contributed by atoms with van der Waals surface area (Å²) in [6.45, 7) is 0.427. The third kappa shape index (κ3) is 1.66. The molecule has 0 aliphatic carbocycles. The first-order chi connectivity index (χ1) is 9.54. The van der Waals surface area contributed by atoms with E-state index in [2.05, 4.69) is 10.9 Å². The smallest absolute Gasteiger partial charge is 0.262 e. The predicted molar refractivity (Wildman–Crippen MR) is 75.0 cm³/mol. The zero-order valence-electron chi connectivity index (χ0n) is 10.6. The molecule has 20 heavy (non-hydrogen) atoms. The summed E-state index contributed by atoms with van der Waals surface area (Å²) >= 11 is -2.13. The van der Waals surface area contributed by atoms with E-state index in [1.54, 1.807) is 18.0 Å². The maximum atomic E-state index is 12.3. The minimum Gasteiger partial charge on any atom is -0.302 e. The number of terminal acetylenes is 1. The van der Waals surface area contributed by atoms with Gasteiger partial charge in [0.2, 0.25) is 5.96 Å². The van der Waals surface area contributed by atoms with Gasteiger partial charge in [-0.3, -0.25) is 14.6 Å². The van der Waals surface area contributed by atoms with Crippen LogP contribution in [0, 0.1) is 12.3 Å². The molecule has 1 aromatic rings. The van der Waals surface area contributed by atoms with Crippen LogP contribution in [0.1, 0.15) is 10.4 Å². The Balaban J connectivity index is 2.20. The van der Waals surface area contributed by atoms with Crippen LogP contribution in [0.15, 0.2) is 28.1 Å². The van der Waals surface area contributed by atoms with Crippen LogP contribution in [0.5, 0.6) is 0 Å². The van der Waals surface area contributed by atoms with E-state index in [1.807, 2.05) is 0 Å². The zero-order valence-corrected chi connectivity index (χ0v) is 11.4. The summed E-state index contributed by atoms with van der Waals surface area (Å²) in [5.74, 6) is 2.89. The van der Waals surface area contributed by atoms with Crippen molar-refractivity contribution in [2.75, 3.05) is 18.5 Å². The average molecular weight is 289 g/mol. The topological polar surface area (TPSA) is 73.2 Å². The Morgan fingerprint density at radius 3 is 2.95 bits per heavy atom. The molecule has 3 rings (SSSR count). The number of fused-ring (bicyclic) bond motifs is 3. The Hall–Kier alpha value is -2.17. The van der Waals surface area contributed by atoms with E-state index in [-0.39, 0.29) is 16.8 Å². The van der Waals surface area contributed by atoms with Crippen LogP contribution in [0.3, 0.4) is 0 Å². The van der Waals surface area contributed by atoms with Gasteiger partial charge in [-0.25, -0.2) is 9.20 Å². The lowest BCUT2D eigenvalue weighted by atomic mass is 10.1. The third-order valence-corrected chi connectivity index (χ3v) is 4.05. The highest BCUT2D eigenvalue weighted by Crippen LogP contribution is 2.33. The molecule has 0 saturated heterocycles. The first kappa shape index (κ1) is 12.8. The first-order valence-electron chi connectivity index (χ1n) is 5.87. The molecule has 6 nitrogen and oxygen atoms in total. The first-order valence-corrected chi connectivity index (χ1v) is 6.98. The van der Waals surface area contributed by atoms with Gasteiger partial charge in [0.15, 0.2) is 11.1 Å². The zero-order chi connectivity index (χ0) is 14.4. The normalized spacial score (nSPS) is 21.9. The molecule has 102 valence electrons. The molecule has 2 aliphatic heterocycles. The van der Waals surface area contributed by atoms with E-state index < -0.39 is 11.1 Å². The lowest BCUT2D eigenvalue weighted by Gasteiger charge is -2.35. The number of amides is 1. The number of rotatable bonds is 1. The molecule has 2 heterocycles. The van der Waals surface area contributed by atoms with Crippen LogP contribution in [0.4, 0.5) is 5.69 Å². The van der Waals surface area contributed by atoms with Crippen molar-refractivity contribution in [1.82, 2.24) is 4.90 Å². The van der Waals surface area contributed by atoms with E-state index in [4.69, 9.17) is 11.0 Å². The number of aliphatic imine (C=N–C) groups is 1. The third-order valence-electron chi connectivity index (χ3n) is 3.39. The molecule has 0 radical (unpaired) electrons. The van der Waals surface area contributed by atoms with Gasteiger partial charge < -0.3 is 4.55 Å². The van der Waals surface area contributed by atoms with Crippen LogP contribution in [0.2, 0.25) is 0 Å². The molecule has 0 saturated carbocycles. The predicted octanol–water partition coefficient (Wildman–Crippen LogP) is 0.531. The Morgan fingerprint density at radius 2 is 2.30 bits per heavy atom. The maximum absolute atomic E-state index is 12.3. The number of nitrogens with zero attached hydrogens (tertiary/aromatic N) is 3. The minimum absolute atomic E-state index is 0.183. The average Bonchev–Trinajstić information content (AvgIpc) is 2.88. The van der Waals surface area contributed by atoms with E-state index in [0.29, 0.717) is 23.8 Å². The van der Waals surface area contributed by atoms with E-state index >= 15 is 0 Å². The van der Waals surface area contributed by atoms with Crippen molar-refractivity contribution in [2.45, 2.75) is 10.9 Å². The Kier molecular flexibility index (Phi) is 2.85. The van der Waals surface area contributed by atoms with Crippen LogP contribution in [0.25, 0.3) is 0 Å². The van der Waals surface area contributed by atoms with E-state index in [9.17, 15) is 9.00 Å². The molecule has 0 spiro atoms. The van der Waals surface area contributed by atoms with Crippen molar-refractivity contribution in [1.29, 1.82) is 0 Å². The summed E-state index contributed by atoms with van der Waals surface area (Å²) in [6.07, 6.45) is 5.50. The largest absolute Gasteiger partial charge is 0.302 e. The summed E-state index contributed by atoms with van der Waals surface area (Å²) in [5, 5.41) is 0. The molecule has 1 aromatic carbocycles. The number of anilines is 1. The van der Waals surface area contributed by atoms with Gasteiger partial charge >= 0.3 is 0 Å². The van der Waals surface area contributed by atoms with Crippen molar-refractivity contribution < 1.29 is 13.6 Å². The lowest BCUT2D eigenvalue weighted by Crippen LogP contribution is -2.50. The second kappa shape index (κ2) is 4.44. The maximum Gasteiger partial charge on any atom is 0.262 e. The van der Waals surface area contributed by atoms with Gasteiger partial charge in [-0.2, -0.15) is 0 Å². The van der Waals surface area contributed by atoms with Crippen molar-refractivity contribution >= 4 is 28.6 Å². The number of hydrogen-bond donors (Lipinski definition) is 1. The standard InChI is InChI=1S/C13H11N3O3S/c1-3-8-7-14-13-15(2)12(17)10-6-9(20(18)19)4-5-11(10)16(8)13/h1,4-6,8H,7H2,2H3,(H,18,19)/t8-/m1/s1. The highest BCUT2D eigenvalue weighted by Gasteiger charge is 2.39. The molecule has 0 aromatic heterocycles. The Morgan fingerprint density at radius 1 is 1.55 bits per heavy atom. The Labute approximate surface area is 118 Å². The van der Waals surface area contributed by atoms with Crippen LogP contribution in [-0.2, 0) is 11.1 Å². The van der Waals surface area contributed by atoms with Crippen LogP contribution >= 0.6 is 0 Å². The highest BCUT2D eigenvalue weighted by molar-refractivity contribution is 7.79. The van der Waals surface area contributed by atoms with Crippen molar-refractivity contribution in [2.24, 2.45) is 4.99 Å². The number of carbonyl (C=O) groups is 1. The summed E-state index contributed by atoms with van der Waals surface area (Å²) < 4.78 is 20.3. The lowest BCUT2D eigenvalue weighted by molar-refractivity contribution is 0.0865. The molecule has 1 unspecified atom stereocenters. The van der Waals surface area contributed by atoms with Gasteiger partial charge in [-0.15, -0.1) is 6.42 Å². The summed E-state index contributed by atoms with van der Waals surface area (Å²) in [7, 11) is 1.61. The fourth-order valence-electron chi connectivity index (χ4n) is 2.41. The molecular formula is C13H11N3O3S. The van der Waals surface area contributed by atoms with Crippen molar-refractivity contribution in [3.8, 4) is 12.3 Å². The molecule has 0 fully saturated rings. The number of hydrogen-bond acceptors (Lipinski definition) is 4. The second-order valence-electron chi connectivity index (χ2n) is 4.49. The van der Waals surface area contributed by atoms with Gasteiger partial charge in [0.1, 0.15) is 6.04 Å². The molecule has 2 aliphatic rings. The summed E-state index contributed by atoms with van der Waals surface area (Å²) in [4.78, 5) is 20.0. The fraction of sp³-hybridized carbons (Fsp3) is 0.231. The van der Waals surface area contributed by atoms with Gasteiger partial charge in [0.05, 0.1) is 22.7 Å². The number of carbonyl (C=O) groups excluding carboxylic acids is 1. The van der Waals surface area contributed by atoms with Gasteiger partial charge in [-0.05, 0) is 18.2 Å². The van der Waals surface area contributed by atoms with Gasteiger partial charge in [0, 0.05) is 7.05 Å². The molecular weight excluding hydrogens is 278 g/mol. The molecule has 7 heteroatoms. The number of benzene rings is 1. The summed E-state index contributed by atoms with van der Waals surface area (Å²) in [5.41, 5.74) is 0.981. The monoisotopic (exact) mass is 289 g/mol. The fourth-order valence-corrected chi connectivity index (χ4v) is 2.82. The van der Waals surface area contributed by atoms with Crippen LogP contribution < -0.4 is 4.90 Å². The highest BCUT2D eigenvalue weighted by atomic mass is 32.2. The number of guanidine groups is 1. The van der Waals surface area contributed by atoms with Crippen LogP contribution in [-0.4, -0.2) is 45.2 Å². The van der Waals surface area contributed by atoms with Gasteiger partial charge in [0.25, 0.3) is 5.91 Å². The van der Waals surface area contributed by atoms with E-state index in [0.717, 1.165) is 0 Å². The van der Waals surface area contributed by atoms with E-state index in [1.165, 1.54) is 17.0 Å². The SMILES string of the molecule is C#C[C@@H]1CN=C2N(C)C(=O)c3cc(S(=O)O)ccc3N21.